The molecule has 88 valence electrons. The lowest BCUT2D eigenvalue weighted by Gasteiger charge is -2.27. The predicted molar refractivity (Wildman–Crippen MR) is 67.2 cm³/mol. The van der Waals surface area contributed by atoms with Crippen molar-refractivity contribution in [3.8, 4) is 0 Å². The number of likely N-dealkylation sites (N-methyl/N-ethyl adjacent to an activating group) is 2. The fourth-order valence-electron chi connectivity index (χ4n) is 2.49. The van der Waals surface area contributed by atoms with E-state index in [0.717, 1.165) is 19.1 Å². The molecule has 0 aromatic rings. The van der Waals surface area contributed by atoms with Crippen LogP contribution in [0.15, 0.2) is 12.2 Å². The Morgan fingerprint density at radius 3 is 2.40 bits per heavy atom. The van der Waals surface area contributed by atoms with Gasteiger partial charge in [0.25, 0.3) is 0 Å². The van der Waals surface area contributed by atoms with Crippen molar-refractivity contribution in [2.45, 2.75) is 44.6 Å². The summed E-state index contributed by atoms with van der Waals surface area (Å²) in [5, 5.41) is 3.16. The van der Waals surface area contributed by atoms with Gasteiger partial charge in [-0.1, -0.05) is 32.3 Å². The summed E-state index contributed by atoms with van der Waals surface area (Å²) in [5.74, 6) is 0. The molecular weight excluding hydrogens is 184 g/mol. The van der Waals surface area contributed by atoms with E-state index >= 15 is 0 Å². The third-order valence-corrected chi connectivity index (χ3v) is 3.35. The Morgan fingerprint density at radius 2 is 1.87 bits per heavy atom. The van der Waals surface area contributed by atoms with E-state index in [1.54, 1.807) is 0 Å². The molecule has 0 aromatic carbocycles. The monoisotopic (exact) mass is 210 g/mol. The summed E-state index contributed by atoms with van der Waals surface area (Å²) >= 11 is 0. The molecule has 1 aliphatic rings. The molecule has 0 heterocycles. The lowest BCUT2D eigenvalue weighted by molar-refractivity contribution is 0.237. The molecule has 0 radical (unpaired) electrons. The number of nitrogens with zero attached hydrogens (tertiary/aromatic N) is 1. The topological polar surface area (TPSA) is 15.3 Å². The van der Waals surface area contributed by atoms with Crippen molar-refractivity contribution in [1.82, 2.24) is 10.2 Å². The summed E-state index contributed by atoms with van der Waals surface area (Å²) in [6.07, 6.45) is 8.44. The van der Waals surface area contributed by atoms with E-state index in [-0.39, 0.29) is 0 Å². The normalized spacial score (nSPS) is 19.1. The summed E-state index contributed by atoms with van der Waals surface area (Å²) in [6.45, 7) is 6.09. The van der Waals surface area contributed by atoms with Crippen molar-refractivity contribution in [2.75, 3.05) is 27.2 Å². The van der Waals surface area contributed by atoms with Crippen LogP contribution < -0.4 is 5.32 Å². The molecule has 0 saturated heterocycles. The molecule has 2 nitrogen and oxygen atoms in total. The largest absolute Gasteiger partial charge is 0.316 e. The molecular formula is C13H26N2. The zero-order valence-corrected chi connectivity index (χ0v) is 10.4. The Bertz CT molecular complexity index is 181. The zero-order chi connectivity index (χ0) is 11.1. The van der Waals surface area contributed by atoms with Crippen molar-refractivity contribution in [3.63, 3.8) is 0 Å². The molecule has 0 atom stereocenters. The number of hydrogen-bond donors (Lipinski definition) is 1. The number of rotatable bonds is 5. The minimum Gasteiger partial charge on any atom is -0.316 e. The van der Waals surface area contributed by atoms with Gasteiger partial charge in [-0.2, -0.15) is 0 Å². The fraction of sp³-hybridized carbons (Fsp3) is 0.846. The molecule has 0 unspecified atom stereocenters. The van der Waals surface area contributed by atoms with Crippen LogP contribution in [0.4, 0.5) is 0 Å². The molecule has 15 heavy (non-hydrogen) atoms. The second-order valence-corrected chi connectivity index (χ2v) is 4.84. The highest BCUT2D eigenvalue weighted by molar-refractivity contribution is 4.99. The molecule has 1 aliphatic carbocycles. The molecule has 2 heteroatoms. The first-order valence-electron chi connectivity index (χ1n) is 6.25. The first-order valence-corrected chi connectivity index (χ1v) is 6.25. The van der Waals surface area contributed by atoms with Gasteiger partial charge in [0.05, 0.1) is 0 Å². The maximum Gasteiger partial charge on any atom is 0.0202 e. The maximum absolute atomic E-state index is 4.10. The van der Waals surface area contributed by atoms with Gasteiger partial charge in [-0.05, 0) is 32.5 Å². The summed E-state index contributed by atoms with van der Waals surface area (Å²) in [4.78, 5) is 2.49. The average Bonchev–Trinajstić information content (AvgIpc) is 2.45. The first kappa shape index (κ1) is 12.7. The van der Waals surface area contributed by atoms with E-state index in [4.69, 9.17) is 0 Å². The quantitative estimate of drug-likeness (QED) is 0.554. The fourth-order valence-corrected chi connectivity index (χ4v) is 2.49. The van der Waals surface area contributed by atoms with Gasteiger partial charge in [-0.25, -0.2) is 0 Å². The van der Waals surface area contributed by atoms with E-state index in [2.05, 4.69) is 23.8 Å². The summed E-state index contributed by atoms with van der Waals surface area (Å²) in [6, 6.07) is 0.793. The van der Waals surface area contributed by atoms with Crippen LogP contribution in [0.25, 0.3) is 0 Å². The van der Waals surface area contributed by atoms with Gasteiger partial charge in [0.1, 0.15) is 0 Å². The molecule has 0 spiro atoms. The van der Waals surface area contributed by atoms with Crippen molar-refractivity contribution in [2.24, 2.45) is 0 Å². The Morgan fingerprint density at radius 1 is 1.27 bits per heavy atom. The maximum atomic E-state index is 4.10. The van der Waals surface area contributed by atoms with E-state index in [1.807, 2.05) is 7.05 Å². The van der Waals surface area contributed by atoms with Gasteiger partial charge in [-0.3, -0.25) is 4.90 Å². The van der Waals surface area contributed by atoms with E-state index < -0.39 is 0 Å². The summed E-state index contributed by atoms with van der Waals surface area (Å²) in [7, 11) is 4.23. The molecule has 1 saturated carbocycles. The molecule has 1 rings (SSSR count). The molecule has 0 aliphatic heterocycles. The van der Waals surface area contributed by atoms with Crippen LogP contribution in [0.1, 0.15) is 38.5 Å². The Kier molecular flexibility index (Phi) is 5.96. The highest BCUT2D eigenvalue weighted by atomic mass is 15.1. The van der Waals surface area contributed by atoms with Crippen molar-refractivity contribution in [3.05, 3.63) is 12.2 Å². The van der Waals surface area contributed by atoms with Gasteiger partial charge in [0, 0.05) is 19.1 Å². The summed E-state index contributed by atoms with van der Waals surface area (Å²) in [5.41, 5.74) is 1.30. The van der Waals surface area contributed by atoms with Crippen LogP contribution in [0, 0.1) is 0 Å². The molecule has 0 aromatic heterocycles. The molecule has 0 bridgehead atoms. The minimum absolute atomic E-state index is 0.793. The highest BCUT2D eigenvalue weighted by Crippen LogP contribution is 2.21. The molecule has 0 amide bonds. The Hall–Kier alpha value is -0.340. The Labute approximate surface area is 94.7 Å². The highest BCUT2D eigenvalue weighted by Gasteiger charge is 2.16. The second kappa shape index (κ2) is 7.02. The van der Waals surface area contributed by atoms with E-state index in [1.165, 1.54) is 44.1 Å². The average molecular weight is 210 g/mol. The van der Waals surface area contributed by atoms with Crippen LogP contribution in [0.3, 0.4) is 0 Å². The SMILES string of the molecule is C=C(CNC)CN(C)C1CCCCCC1. The molecule has 1 N–H and O–H groups in total. The second-order valence-electron chi connectivity index (χ2n) is 4.84. The van der Waals surface area contributed by atoms with Gasteiger partial charge in [0.2, 0.25) is 0 Å². The van der Waals surface area contributed by atoms with Crippen LogP contribution in [-0.2, 0) is 0 Å². The van der Waals surface area contributed by atoms with Crippen LogP contribution >= 0.6 is 0 Å². The Balaban J connectivity index is 2.30. The lowest BCUT2D eigenvalue weighted by Crippen LogP contribution is -2.34. The standard InChI is InChI=1S/C13H26N2/c1-12(10-14-2)11-15(3)13-8-6-4-5-7-9-13/h13-14H,1,4-11H2,2-3H3. The summed E-state index contributed by atoms with van der Waals surface area (Å²) < 4.78 is 0. The predicted octanol–water partition coefficient (Wildman–Crippen LogP) is 2.42. The zero-order valence-electron chi connectivity index (χ0n) is 10.4. The van der Waals surface area contributed by atoms with E-state index in [9.17, 15) is 0 Å². The van der Waals surface area contributed by atoms with Crippen molar-refractivity contribution in [1.29, 1.82) is 0 Å². The van der Waals surface area contributed by atoms with E-state index in [0.29, 0.717) is 0 Å². The third kappa shape index (κ3) is 4.80. The third-order valence-electron chi connectivity index (χ3n) is 3.35. The molecule has 1 fully saturated rings. The minimum atomic E-state index is 0.793. The van der Waals surface area contributed by atoms with Crippen molar-refractivity contribution >= 4 is 0 Å². The smallest absolute Gasteiger partial charge is 0.0202 e. The van der Waals surface area contributed by atoms with Gasteiger partial charge in [0.15, 0.2) is 0 Å². The van der Waals surface area contributed by atoms with Gasteiger partial charge >= 0.3 is 0 Å². The first-order chi connectivity index (χ1) is 7.24. The lowest BCUT2D eigenvalue weighted by atomic mass is 10.1. The number of nitrogens with one attached hydrogen (secondary N) is 1. The van der Waals surface area contributed by atoms with Gasteiger partial charge < -0.3 is 5.32 Å². The van der Waals surface area contributed by atoms with Crippen LogP contribution in [0.5, 0.6) is 0 Å². The van der Waals surface area contributed by atoms with Crippen LogP contribution in [0.2, 0.25) is 0 Å². The number of hydrogen-bond acceptors (Lipinski definition) is 2. The van der Waals surface area contributed by atoms with Crippen molar-refractivity contribution < 1.29 is 0 Å². The van der Waals surface area contributed by atoms with Gasteiger partial charge in [-0.15, -0.1) is 0 Å². The van der Waals surface area contributed by atoms with Crippen LogP contribution in [-0.4, -0.2) is 38.1 Å².